The highest BCUT2D eigenvalue weighted by Gasteiger charge is 2.36. The molecule has 1 N–H and O–H groups in total. The third-order valence-corrected chi connectivity index (χ3v) is 7.57. The number of nitrogens with zero attached hydrogens (tertiary/aromatic N) is 2. The highest BCUT2D eigenvalue weighted by molar-refractivity contribution is 6.30. The minimum Gasteiger partial charge on any atom is -0.385 e. The Balaban J connectivity index is 0.00000342. The van der Waals surface area contributed by atoms with Gasteiger partial charge in [0.05, 0.1) is 5.60 Å². The van der Waals surface area contributed by atoms with Gasteiger partial charge in [-0.1, -0.05) is 91.3 Å². The van der Waals surface area contributed by atoms with Crippen molar-refractivity contribution in [3.63, 3.8) is 0 Å². The zero-order valence-electron chi connectivity index (χ0n) is 20.1. The van der Waals surface area contributed by atoms with Crippen molar-refractivity contribution in [2.75, 3.05) is 19.6 Å². The van der Waals surface area contributed by atoms with Gasteiger partial charge in [-0.25, -0.2) is 5.01 Å². The lowest BCUT2D eigenvalue weighted by Crippen LogP contribution is -2.50. The van der Waals surface area contributed by atoms with Gasteiger partial charge in [-0.2, -0.15) is 0 Å². The van der Waals surface area contributed by atoms with Crippen LogP contribution < -0.4 is 0 Å². The molecule has 0 spiro atoms. The lowest BCUT2D eigenvalue weighted by atomic mass is 9.73. The van der Waals surface area contributed by atoms with Crippen LogP contribution >= 0.6 is 24.0 Å². The first-order valence-electron chi connectivity index (χ1n) is 12.0. The van der Waals surface area contributed by atoms with Crippen molar-refractivity contribution in [1.82, 2.24) is 10.0 Å². The van der Waals surface area contributed by atoms with Crippen molar-refractivity contribution < 1.29 is 9.90 Å². The number of rotatable bonds is 9. The molecule has 1 heterocycles. The smallest absolute Gasteiger partial charge is 0.224 e. The van der Waals surface area contributed by atoms with E-state index in [-0.39, 0.29) is 17.8 Å². The molecule has 4 rings (SSSR count). The lowest BCUT2D eigenvalue weighted by molar-refractivity contribution is -0.145. The average molecular weight is 514 g/mol. The fourth-order valence-corrected chi connectivity index (χ4v) is 5.22. The van der Waals surface area contributed by atoms with Gasteiger partial charge in [0.2, 0.25) is 6.41 Å². The number of aliphatic hydroxyl groups is 1. The highest BCUT2D eigenvalue weighted by atomic mass is 35.5. The predicted molar refractivity (Wildman–Crippen MR) is 145 cm³/mol. The molecule has 3 aromatic rings. The molecule has 0 aliphatic carbocycles. The van der Waals surface area contributed by atoms with Gasteiger partial charge in [0, 0.05) is 30.1 Å². The Morgan fingerprint density at radius 3 is 1.94 bits per heavy atom. The molecule has 1 amide bonds. The number of hydrogen-bond acceptors (Lipinski definition) is 3. The number of hydrazine groups is 1. The molecule has 0 unspecified atom stereocenters. The van der Waals surface area contributed by atoms with Crippen molar-refractivity contribution in [3.8, 4) is 0 Å². The third-order valence-electron chi connectivity index (χ3n) is 7.32. The van der Waals surface area contributed by atoms with Crippen LogP contribution in [0.1, 0.15) is 49.3 Å². The molecular formula is C29H34Cl2N2O2. The van der Waals surface area contributed by atoms with Crippen molar-refractivity contribution in [2.24, 2.45) is 0 Å². The standard InChI is InChI=1S/C29H33ClN2O2.ClH/c1-28(24-9-4-2-5-10-24,25-11-6-3-7-12-25)17-8-20-32(23-33)31-21-18-29(34,19-22-31)26-13-15-27(30)16-14-26;/h2-7,9-16,23,34H,8,17-22H2,1H3;1H. The van der Waals surface area contributed by atoms with Crippen LogP contribution in [0.4, 0.5) is 0 Å². The quantitative estimate of drug-likeness (QED) is 0.346. The number of carbonyl (C=O) groups is 1. The van der Waals surface area contributed by atoms with Crippen molar-refractivity contribution in [1.29, 1.82) is 0 Å². The summed E-state index contributed by atoms with van der Waals surface area (Å²) in [5.41, 5.74) is 2.44. The van der Waals surface area contributed by atoms with Crippen LogP contribution in [0.2, 0.25) is 5.02 Å². The molecule has 0 bridgehead atoms. The first kappa shape index (κ1) is 27.2. The second kappa shape index (κ2) is 12.0. The Morgan fingerprint density at radius 2 is 1.46 bits per heavy atom. The number of piperidine rings is 1. The summed E-state index contributed by atoms with van der Waals surface area (Å²) in [6, 6.07) is 28.6. The molecule has 0 saturated carbocycles. The Hall–Kier alpha value is -2.37. The van der Waals surface area contributed by atoms with E-state index in [9.17, 15) is 9.90 Å². The number of carbonyl (C=O) groups excluding carboxylic acids is 1. The van der Waals surface area contributed by atoms with E-state index < -0.39 is 5.60 Å². The second-order valence-electron chi connectivity index (χ2n) is 9.43. The zero-order chi connectivity index (χ0) is 24.0. The van der Waals surface area contributed by atoms with Crippen LogP contribution in [0, 0.1) is 0 Å². The third kappa shape index (κ3) is 6.25. The summed E-state index contributed by atoms with van der Waals surface area (Å²) in [4.78, 5) is 12.0. The van der Waals surface area contributed by atoms with Crippen LogP contribution in [-0.2, 0) is 15.8 Å². The zero-order valence-corrected chi connectivity index (χ0v) is 21.7. The lowest BCUT2D eigenvalue weighted by Gasteiger charge is -2.42. The molecule has 186 valence electrons. The van der Waals surface area contributed by atoms with Crippen molar-refractivity contribution in [3.05, 3.63) is 107 Å². The highest BCUT2D eigenvalue weighted by Crippen LogP contribution is 2.37. The van der Waals surface area contributed by atoms with Crippen LogP contribution in [0.25, 0.3) is 0 Å². The van der Waals surface area contributed by atoms with Crippen LogP contribution in [0.5, 0.6) is 0 Å². The fraction of sp³-hybridized carbons (Fsp3) is 0.345. The summed E-state index contributed by atoms with van der Waals surface area (Å²) >= 11 is 6.00. The summed E-state index contributed by atoms with van der Waals surface area (Å²) in [5.74, 6) is 0. The van der Waals surface area contributed by atoms with E-state index >= 15 is 0 Å². The molecule has 1 aliphatic heterocycles. The summed E-state index contributed by atoms with van der Waals surface area (Å²) in [5, 5.41) is 15.7. The largest absolute Gasteiger partial charge is 0.385 e. The van der Waals surface area contributed by atoms with Gasteiger partial charge in [-0.3, -0.25) is 9.80 Å². The summed E-state index contributed by atoms with van der Waals surface area (Å²) < 4.78 is 0. The van der Waals surface area contributed by atoms with Crippen LogP contribution in [0.3, 0.4) is 0 Å². The van der Waals surface area contributed by atoms with Gasteiger partial charge in [0.1, 0.15) is 0 Å². The van der Waals surface area contributed by atoms with E-state index in [1.54, 1.807) is 5.01 Å². The Labute approximate surface area is 219 Å². The molecule has 35 heavy (non-hydrogen) atoms. The maximum atomic E-state index is 12.0. The number of hydrogen-bond donors (Lipinski definition) is 1. The van der Waals surface area contributed by atoms with Gasteiger partial charge in [-0.15, -0.1) is 12.4 Å². The molecule has 4 nitrogen and oxygen atoms in total. The average Bonchev–Trinajstić information content (AvgIpc) is 2.88. The molecule has 0 aromatic heterocycles. The minimum absolute atomic E-state index is 0. The summed E-state index contributed by atoms with van der Waals surface area (Å²) in [6.45, 7) is 4.20. The van der Waals surface area contributed by atoms with E-state index in [4.69, 9.17) is 11.6 Å². The Kier molecular flexibility index (Phi) is 9.37. The van der Waals surface area contributed by atoms with Crippen molar-refractivity contribution >= 4 is 30.4 Å². The monoisotopic (exact) mass is 512 g/mol. The van der Waals surface area contributed by atoms with Gasteiger partial charge < -0.3 is 5.11 Å². The number of benzene rings is 3. The van der Waals surface area contributed by atoms with E-state index in [0.29, 0.717) is 37.5 Å². The second-order valence-corrected chi connectivity index (χ2v) is 9.86. The Morgan fingerprint density at radius 1 is 0.943 bits per heavy atom. The topological polar surface area (TPSA) is 43.8 Å². The maximum Gasteiger partial charge on any atom is 0.224 e. The minimum atomic E-state index is -0.880. The first-order chi connectivity index (χ1) is 16.4. The number of amides is 1. The fourth-order valence-electron chi connectivity index (χ4n) is 5.09. The molecular weight excluding hydrogens is 479 g/mol. The SMILES string of the molecule is CC(CCCN(C=O)N1CCC(O)(c2ccc(Cl)cc2)CC1)(c1ccccc1)c1ccccc1.Cl. The normalized spacial score (nSPS) is 15.7. The molecule has 1 fully saturated rings. The molecule has 6 heteroatoms. The van der Waals surface area contributed by atoms with E-state index in [0.717, 1.165) is 24.8 Å². The van der Waals surface area contributed by atoms with Gasteiger partial charge in [0.25, 0.3) is 0 Å². The maximum absolute atomic E-state index is 12.0. The molecule has 1 saturated heterocycles. The Bertz CT molecular complexity index is 1010. The van der Waals surface area contributed by atoms with E-state index in [2.05, 4.69) is 60.5 Å². The summed E-state index contributed by atoms with van der Waals surface area (Å²) in [6.07, 6.45) is 3.87. The van der Waals surface area contributed by atoms with Crippen LogP contribution in [0.15, 0.2) is 84.9 Å². The van der Waals surface area contributed by atoms with E-state index in [1.807, 2.05) is 36.4 Å². The van der Waals surface area contributed by atoms with Crippen molar-refractivity contribution in [2.45, 2.75) is 43.6 Å². The van der Waals surface area contributed by atoms with Gasteiger partial charge in [-0.05, 0) is 54.5 Å². The van der Waals surface area contributed by atoms with Crippen LogP contribution in [-0.4, -0.2) is 41.2 Å². The predicted octanol–water partition coefficient (Wildman–Crippen LogP) is 6.21. The molecule has 0 radical (unpaired) electrons. The van der Waals surface area contributed by atoms with Gasteiger partial charge >= 0.3 is 0 Å². The number of halogens is 2. The summed E-state index contributed by atoms with van der Waals surface area (Å²) in [7, 11) is 0. The molecule has 3 aromatic carbocycles. The molecule has 0 atom stereocenters. The van der Waals surface area contributed by atoms with E-state index in [1.165, 1.54) is 11.1 Å². The van der Waals surface area contributed by atoms with Gasteiger partial charge in [0.15, 0.2) is 0 Å². The first-order valence-corrected chi connectivity index (χ1v) is 12.4. The molecule has 1 aliphatic rings.